The Morgan fingerprint density at radius 3 is 2.86 bits per heavy atom. The molecular formula is C8H8BrF2NO2. The summed E-state index contributed by atoms with van der Waals surface area (Å²) < 4.78 is 30.8. The summed E-state index contributed by atoms with van der Waals surface area (Å²) >= 11 is 2.16. The Kier molecular flexibility index (Phi) is 3.25. The Labute approximate surface area is 87.8 Å². The maximum absolute atomic E-state index is 12.8. The van der Waals surface area contributed by atoms with Crippen LogP contribution in [0.3, 0.4) is 0 Å². The minimum Gasteiger partial charge on any atom is -0.461 e. The first-order valence-electron chi connectivity index (χ1n) is 3.88. The van der Waals surface area contributed by atoms with Gasteiger partial charge in [0, 0.05) is 22.1 Å². The van der Waals surface area contributed by atoms with Crippen LogP contribution in [0.1, 0.15) is 17.4 Å². The maximum Gasteiger partial charge on any atom is 0.387 e. The molecule has 0 aliphatic carbocycles. The number of carbonyl (C=O) groups is 1. The molecule has 6 heteroatoms. The molecule has 0 N–H and O–H groups in total. The van der Waals surface area contributed by atoms with Crippen molar-refractivity contribution in [2.45, 2.75) is 11.9 Å². The summed E-state index contributed by atoms with van der Waals surface area (Å²) in [4.78, 5) is 7.90. The highest BCUT2D eigenvalue weighted by Gasteiger charge is 2.30. The van der Waals surface area contributed by atoms with Gasteiger partial charge >= 0.3 is 10.9 Å². The molecule has 1 heterocycles. The Morgan fingerprint density at radius 1 is 1.71 bits per heavy atom. The summed E-state index contributed by atoms with van der Waals surface area (Å²) in [6.45, 7) is 1.76. The fraction of sp³-hybridized carbons (Fsp3) is 0.375. The normalized spacial score (nSPS) is 11.4. The van der Waals surface area contributed by atoms with Crippen molar-refractivity contribution in [2.24, 2.45) is 0 Å². The molecule has 3 nitrogen and oxygen atoms in total. The predicted octanol–water partition coefficient (Wildman–Crippen LogP) is 2.57. The first-order valence-corrected chi connectivity index (χ1v) is 4.67. The van der Waals surface area contributed by atoms with Crippen LogP contribution in [-0.4, -0.2) is 17.1 Å². The standard InChI is InChI=1S/C8H8BrF2NO2/c1-2-14-7(13)6-4-3-5-12(6)8(9,10)11/h3-5H,2H2,1H3. The van der Waals surface area contributed by atoms with Gasteiger partial charge in [-0.25, -0.2) is 4.79 Å². The maximum atomic E-state index is 12.8. The number of alkyl halides is 3. The lowest BCUT2D eigenvalue weighted by atomic mass is 10.4. The fourth-order valence-corrected chi connectivity index (χ4v) is 1.28. The highest BCUT2D eigenvalue weighted by Crippen LogP contribution is 2.30. The highest BCUT2D eigenvalue weighted by molar-refractivity contribution is 9.09. The average molecular weight is 268 g/mol. The molecule has 0 unspecified atom stereocenters. The van der Waals surface area contributed by atoms with Gasteiger partial charge in [0.15, 0.2) is 0 Å². The first-order chi connectivity index (χ1) is 6.46. The van der Waals surface area contributed by atoms with Gasteiger partial charge in [-0.1, -0.05) is 0 Å². The number of nitrogens with zero attached hydrogens (tertiary/aromatic N) is 1. The molecule has 0 saturated heterocycles. The number of halogens is 3. The smallest absolute Gasteiger partial charge is 0.387 e. The Hall–Kier alpha value is -0.910. The Balaban J connectivity index is 2.99. The van der Waals surface area contributed by atoms with Crippen molar-refractivity contribution in [3.63, 3.8) is 0 Å². The van der Waals surface area contributed by atoms with E-state index in [1.54, 1.807) is 6.92 Å². The van der Waals surface area contributed by atoms with Crippen LogP contribution in [0.2, 0.25) is 0 Å². The number of carbonyl (C=O) groups excluding carboxylic acids is 1. The summed E-state index contributed by atoms with van der Waals surface area (Å²) in [5.74, 6) is -0.767. The van der Waals surface area contributed by atoms with Crippen LogP contribution in [0.25, 0.3) is 0 Å². The molecule has 78 valence electrons. The molecule has 0 fully saturated rings. The quantitative estimate of drug-likeness (QED) is 0.623. The fourth-order valence-electron chi connectivity index (χ4n) is 0.973. The molecule has 0 amide bonds. The minimum atomic E-state index is -3.28. The topological polar surface area (TPSA) is 31.2 Å². The third-order valence-electron chi connectivity index (χ3n) is 1.51. The van der Waals surface area contributed by atoms with Crippen molar-refractivity contribution in [2.75, 3.05) is 6.61 Å². The van der Waals surface area contributed by atoms with Crippen molar-refractivity contribution < 1.29 is 18.3 Å². The van der Waals surface area contributed by atoms with E-state index < -0.39 is 10.9 Å². The highest BCUT2D eigenvalue weighted by atomic mass is 79.9. The van der Waals surface area contributed by atoms with Gasteiger partial charge in [0.2, 0.25) is 0 Å². The van der Waals surface area contributed by atoms with Crippen molar-refractivity contribution in [3.8, 4) is 0 Å². The van der Waals surface area contributed by atoms with E-state index in [4.69, 9.17) is 0 Å². The lowest BCUT2D eigenvalue weighted by molar-refractivity contribution is 0.0227. The zero-order valence-corrected chi connectivity index (χ0v) is 8.92. The minimum absolute atomic E-state index is 0.151. The molecule has 1 aromatic rings. The number of hydrogen-bond acceptors (Lipinski definition) is 2. The zero-order valence-electron chi connectivity index (χ0n) is 7.34. The van der Waals surface area contributed by atoms with E-state index in [-0.39, 0.29) is 12.3 Å². The second-order valence-electron chi connectivity index (χ2n) is 2.45. The van der Waals surface area contributed by atoms with Crippen molar-refractivity contribution in [1.29, 1.82) is 0 Å². The van der Waals surface area contributed by atoms with Crippen LogP contribution in [-0.2, 0) is 9.69 Å². The van der Waals surface area contributed by atoms with Crippen LogP contribution in [0.15, 0.2) is 18.3 Å². The van der Waals surface area contributed by atoms with E-state index in [1.165, 1.54) is 12.1 Å². The second-order valence-corrected chi connectivity index (χ2v) is 3.41. The lowest BCUT2D eigenvalue weighted by Crippen LogP contribution is -2.20. The number of rotatable bonds is 3. The monoisotopic (exact) mass is 267 g/mol. The second kappa shape index (κ2) is 4.08. The summed E-state index contributed by atoms with van der Waals surface area (Å²) in [7, 11) is 0. The molecule has 0 spiro atoms. The van der Waals surface area contributed by atoms with E-state index in [1.807, 2.05) is 0 Å². The van der Waals surface area contributed by atoms with Crippen LogP contribution in [0, 0.1) is 0 Å². The van der Waals surface area contributed by atoms with Gasteiger partial charge in [0.1, 0.15) is 5.69 Å². The SMILES string of the molecule is CCOC(=O)c1cccn1C(F)(F)Br. The largest absolute Gasteiger partial charge is 0.461 e. The molecule has 0 radical (unpaired) electrons. The van der Waals surface area contributed by atoms with Gasteiger partial charge in [0.25, 0.3) is 0 Å². The molecule has 0 bridgehead atoms. The van der Waals surface area contributed by atoms with Gasteiger partial charge < -0.3 is 4.74 Å². The van der Waals surface area contributed by atoms with Gasteiger partial charge in [0.05, 0.1) is 6.61 Å². The molecular weight excluding hydrogens is 260 g/mol. The summed E-state index contributed by atoms with van der Waals surface area (Å²) in [6, 6.07) is 2.62. The Morgan fingerprint density at radius 2 is 2.36 bits per heavy atom. The first kappa shape index (κ1) is 11.2. The van der Waals surface area contributed by atoms with Gasteiger partial charge in [-0.15, -0.1) is 0 Å². The van der Waals surface area contributed by atoms with Crippen molar-refractivity contribution >= 4 is 21.9 Å². The van der Waals surface area contributed by atoms with Crippen molar-refractivity contribution in [3.05, 3.63) is 24.0 Å². The van der Waals surface area contributed by atoms with Crippen LogP contribution < -0.4 is 0 Å². The molecule has 0 aliphatic rings. The molecule has 1 rings (SSSR count). The third kappa shape index (κ3) is 2.31. The summed E-state index contributed by atoms with van der Waals surface area (Å²) in [5.41, 5.74) is -0.186. The van der Waals surface area contributed by atoms with Gasteiger partial charge in [-0.2, -0.15) is 8.78 Å². The van der Waals surface area contributed by atoms with Crippen LogP contribution in [0.5, 0.6) is 0 Å². The molecule has 0 atom stereocenters. The summed E-state index contributed by atoms with van der Waals surface area (Å²) in [5, 5.41) is 0. The van der Waals surface area contributed by atoms with E-state index in [9.17, 15) is 13.6 Å². The van der Waals surface area contributed by atoms with Crippen LogP contribution in [0.4, 0.5) is 8.78 Å². The Bertz CT molecular complexity index is 332. The number of aromatic nitrogens is 1. The zero-order chi connectivity index (χ0) is 10.8. The average Bonchev–Trinajstić information content (AvgIpc) is 2.50. The van der Waals surface area contributed by atoms with Gasteiger partial charge in [-0.3, -0.25) is 4.57 Å². The number of esters is 1. The van der Waals surface area contributed by atoms with E-state index in [2.05, 4.69) is 20.7 Å². The van der Waals surface area contributed by atoms with Crippen molar-refractivity contribution in [1.82, 2.24) is 4.57 Å². The summed E-state index contributed by atoms with van der Waals surface area (Å²) in [6.07, 6.45) is 1.10. The van der Waals surface area contributed by atoms with Gasteiger partial charge in [-0.05, 0) is 19.1 Å². The molecule has 1 aromatic heterocycles. The van der Waals surface area contributed by atoms with E-state index in [0.29, 0.717) is 4.57 Å². The van der Waals surface area contributed by atoms with E-state index >= 15 is 0 Å². The number of ether oxygens (including phenoxy) is 1. The predicted molar refractivity (Wildman–Crippen MR) is 49.5 cm³/mol. The molecule has 14 heavy (non-hydrogen) atoms. The lowest BCUT2D eigenvalue weighted by Gasteiger charge is -2.13. The molecule has 0 aliphatic heterocycles. The van der Waals surface area contributed by atoms with Crippen LogP contribution >= 0.6 is 15.9 Å². The molecule has 0 saturated carbocycles. The third-order valence-corrected chi connectivity index (χ3v) is 1.89. The molecule has 0 aromatic carbocycles. The van der Waals surface area contributed by atoms with E-state index in [0.717, 1.165) is 6.20 Å². The number of hydrogen-bond donors (Lipinski definition) is 0.